The lowest BCUT2D eigenvalue weighted by Gasteiger charge is -2.52. The third kappa shape index (κ3) is 1.38. The fourth-order valence-corrected chi connectivity index (χ4v) is 2.08. The minimum atomic E-state index is -0.209. The minimum absolute atomic E-state index is 0.179. The van der Waals surface area contributed by atoms with Crippen molar-refractivity contribution in [3.05, 3.63) is 0 Å². The first-order valence-electron chi connectivity index (χ1n) is 5.02. The maximum atomic E-state index is 11.2. The molecule has 0 aliphatic carbocycles. The Morgan fingerprint density at radius 1 is 1.29 bits per heavy atom. The predicted molar refractivity (Wildman–Crippen MR) is 53.2 cm³/mol. The zero-order valence-electron chi connectivity index (χ0n) is 9.33. The number of rotatable bonds is 0. The summed E-state index contributed by atoms with van der Waals surface area (Å²) >= 11 is 0. The summed E-state index contributed by atoms with van der Waals surface area (Å²) in [6.45, 7) is 9.01. The minimum Gasteiger partial charge on any atom is -0.438 e. The highest BCUT2D eigenvalue weighted by atomic mass is 16.6. The molecule has 1 spiro atoms. The molecule has 2 fully saturated rings. The van der Waals surface area contributed by atoms with Crippen LogP contribution < -0.4 is 0 Å². The highest BCUT2D eigenvalue weighted by Gasteiger charge is 2.54. The fourth-order valence-electron chi connectivity index (χ4n) is 2.08. The van der Waals surface area contributed by atoms with Gasteiger partial charge in [0.1, 0.15) is 0 Å². The number of hydrogen-bond donors (Lipinski definition) is 0. The first-order valence-corrected chi connectivity index (χ1v) is 5.02. The summed E-state index contributed by atoms with van der Waals surface area (Å²) < 4.78 is 5.37. The Balaban J connectivity index is 1.97. The van der Waals surface area contributed by atoms with Gasteiger partial charge < -0.3 is 9.64 Å². The largest absolute Gasteiger partial charge is 0.438 e. The van der Waals surface area contributed by atoms with Gasteiger partial charge >= 0.3 is 6.09 Å². The molecule has 2 rings (SSSR count). The van der Waals surface area contributed by atoms with Crippen molar-refractivity contribution >= 4 is 6.09 Å². The second-order valence-corrected chi connectivity index (χ2v) is 5.43. The molecule has 0 aromatic heterocycles. The zero-order chi connectivity index (χ0) is 10.6. The molecule has 0 saturated carbocycles. The van der Waals surface area contributed by atoms with E-state index in [0.29, 0.717) is 0 Å². The quantitative estimate of drug-likeness (QED) is 0.580. The van der Waals surface area contributed by atoms with Crippen LogP contribution in [0.3, 0.4) is 0 Å². The maximum absolute atomic E-state index is 11.2. The van der Waals surface area contributed by atoms with Gasteiger partial charge in [-0.2, -0.15) is 0 Å². The average molecular weight is 198 g/mol. The topological polar surface area (TPSA) is 32.8 Å². The monoisotopic (exact) mass is 198 g/mol. The zero-order valence-corrected chi connectivity index (χ0v) is 9.33. The molecular weight excluding hydrogens is 180 g/mol. The third-order valence-corrected chi connectivity index (χ3v) is 3.05. The van der Waals surface area contributed by atoms with Crippen molar-refractivity contribution in [3.63, 3.8) is 0 Å². The molecule has 0 aromatic carbocycles. The number of ether oxygens (including phenoxy) is 1. The van der Waals surface area contributed by atoms with Crippen LogP contribution in [0.15, 0.2) is 0 Å². The van der Waals surface area contributed by atoms with Crippen LogP contribution in [0.1, 0.15) is 20.8 Å². The van der Waals surface area contributed by atoms with E-state index >= 15 is 0 Å². The first-order chi connectivity index (χ1) is 6.32. The number of hydrogen-bond acceptors (Lipinski definition) is 3. The molecule has 2 saturated heterocycles. The molecule has 2 aliphatic heterocycles. The van der Waals surface area contributed by atoms with Crippen LogP contribution in [-0.4, -0.2) is 53.7 Å². The van der Waals surface area contributed by atoms with E-state index in [1.807, 2.05) is 0 Å². The molecular formula is C10H18N2O2. The Morgan fingerprint density at radius 2 is 1.86 bits per heavy atom. The van der Waals surface area contributed by atoms with E-state index < -0.39 is 0 Å². The normalized spacial score (nSPS) is 26.6. The first kappa shape index (κ1) is 9.77. The molecule has 2 heterocycles. The SMILES string of the molecule is CN1CC2(CN(C(C)(C)C)C2)OC1=O. The van der Waals surface area contributed by atoms with Crippen molar-refractivity contribution in [2.75, 3.05) is 26.7 Å². The van der Waals surface area contributed by atoms with E-state index in [-0.39, 0.29) is 17.2 Å². The molecule has 80 valence electrons. The number of carbonyl (C=O) groups is 1. The van der Waals surface area contributed by atoms with Crippen LogP contribution in [0, 0.1) is 0 Å². The lowest BCUT2D eigenvalue weighted by Crippen LogP contribution is -2.68. The highest BCUT2D eigenvalue weighted by Crippen LogP contribution is 2.35. The van der Waals surface area contributed by atoms with Crippen LogP contribution in [0.5, 0.6) is 0 Å². The van der Waals surface area contributed by atoms with E-state index in [1.54, 1.807) is 11.9 Å². The third-order valence-electron chi connectivity index (χ3n) is 3.05. The highest BCUT2D eigenvalue weighted by molar-refractivity contribution is 5.70. The molecule has 1 amide bonds. The van der Waals surface area contributed by atoms with Crippen molar-refractivity contribution in [2.24, 2.45) is 0 Å². The van der Waals surface area contributed by atoms with Gasteiger partial charge in [0, 0.05) is 25.7 Å². The smallest absolute Gasteiger partial charge is 0.410 e. The summed E-state index contributed by atoms with van der Waals surface area (Å²) in [5, 5.41) is 0. The van der Waals surface area contributed by atoms with Gasteiger partial charge in [0.25, 0.3) is 0 Å². The number of nitrogens with zero attached hydrogens (tertiary/aromatic N) is 2. The van der Waals surface area contributed by atoms with E-state index in [9.17, 15) is 4.79 Å². The van der Waals surface area contributed by atoms with E-state index in [4.69, 9.17) is 4.74 Å². The Morgan fingerprint density at radius 3 is 2.21 bits per heavy atom. The molecule has 0 atom stereocenters. The fraction of sp³-hybridized carbons (Fsp3) is 0.900. The molecule has 0 N–H and O–H groups in total. The summed E-state index contributed by atoms with van der Waals surface area (Å²) in [6.07, 6.45) is -0.182. The summed E-state index contributed by atoms with van der Waals surface area (Å²) in [5.41, 5.74) is -0.0298. The van der Waals surface area contributed by atoms with Gasteiger partial charge in [-0.05, 0) is 20.8 Å². The van der Waals surface area contributed by atoms with Crippen molar-refractivity contribution in [3.8, 4) is 0 Å². The number of likely N-dealkylation sites (tertiary alicyclic amines) is 1. The van der Waals surface area contributed by atoms with Gasteiger partial charge in [-0.25, -0.2) is 4.79 Å². The van der Waals surface area contributed by atoms with Gasteiger partial charge in [-0.1, -0.05) is 0 Å². The van der Waals surface area contributed by atoms with Crippen LogP contribution in [0.25, 0.3) is 0 Å². The lowest BCUT2D eigenvalue weighted by atomic mass is 9.88. The molecule has 0 unspecified atom stereocenters. The average Bonchev–Trinajstić information content (AvgIpc) is 2.23. The Bertz CT molecular complexity index is 264. The standard InChI is InChI=1S/C10H18N2O2/c1-9(2,3)12-6-10(7-12)5-11(4)8(13)14-10/h5-7H2,1-4H3. The van der Waals surface area contributed by atoms with E-state index in [1.165, 1.54) is 0 Å². The van der Waals surface area contributed by atoms with E-state index in [2.05, 4.69) is 25.7 Å². The Hall–Kier alpha value is -0.770. The summed E-state index contributed by atoms with van der Waals surface area (Å²) in [4.78, 5) is 15.2. The summed E-state index contributed by atoms with van der Waals surface area (Å²) in [5.74, 6) is 0. The van der Waals surface area contributed by atoms with Gasteiger partial charge in [0.05, 0.1) is 6.54 Å². The van der Waals surface area contributed by atoms with Crippen LogP contribution in [0.4, 0.5) is 4.79 Å². The molecule has 0 aromatic rings. The molecule has 4 nitrogen and oxygen atoms in total. The number of amides is 1. The van der Waals surface area contributed by atoms with Gasteiger partial charge in [0.15, 0.2) is 5.60 Å². The summed E-state index contributed by atoms with van der Waals surface area (Å²) in [6, 6.07) is 0. The van der Waals surface area contributed by atoms with Crippen molar-refractivity contribution in [1.29, 1.82) is 0 Å². The molecule has 0 bridgehead atoms. The Kier molecular flexibility index (Phi) is 1.83. The molecule has 14 heavy (non-hydrogen) atoms. The predicted octanol–water partition coefficient (Wildman–Crippen LogP) is 0.921. The number of carbonyl (C=O) groups excluding carboxylic acids is 1. The van der Waals surface area contributed by atoms with Gasteiger partial charge in [-0.15, -0.1) is 0 Å². The lowest BCUT2D eigenvalue weighted by molar-refractivity contribution is -0.110. The molecule has 4 heteroatoms. The second-order valence-electron chi connectivity index (χ2n) is 5.43. The van der Waals surface area contributed by atoms with Crippen molar-refractivity contribution in [1.82, 2.24) is 9.80 Å². The number of likely N-dealkylation sites (N-methyl/N-ethyl adjacent to an activating group) is 1. The van der Waals surface area contributed by atoms with Crippen LogP contribution in [-0.2, 0) is 4.74 Å². The van der Waals surface area contributed by atoms with E-state index in [0.717, 1.165) is 19.6 Å². The summed E-state index contributed by atoms with van der Waals surface area (Å²) in [7, 11) is 1.79. The maximum Gasteiger partial charge on any atom is 0.410 e. The second kappa shape index (κ2) is 2.63. The van der Waals surface area contributed by atoms with Gasteiger partial charge in [0.2, 0.25) is 0 Å². The van der Waals surface area contributed by atoms with Gasteiger partial charge in [-0.3, -0.25) is 4.90 Å². The van der Waals surface area contributed by atoms with Crippen molar-refractivity contribution in [2.45, 2.75) is 31.9 Å². The van der Waals surface area contributed by atoms with Crippen molar-refractivity contribution < 1.29 is 9.53 Å². The molecule has 2 aliphatic rings. The van der Waals surface area contributed by atoms with Crippen LogP contribution >= 0.6 is 0 Å². The Labute approximate surface area is 84.8 Å². The van der Waals surface area contributed by atoms with Crippen LogP contribution in [0.2, 0.25) is 0 Å². The molecule has 0 radical (unpaired) electrons.